The molecule has 0 saturated heterocycles. The van der Waals surface area contributed by atoms with Crippen molar-refractivity contribution in [1.29, 1.82) is 0 Å². The Labute approximate surface area is 104 Å². The molecule has 0 aliphatic carbocycles. The van der Waals surface area contributed by atoms with Crippen LogP contribution >= 0.6 is 0 Å². The van der Waals surface area contributed by atoms with Gasteiger partial charge in [0.15, 0.2) is 0 Å². The van der Waals surface area contributed by atoms with Gasteiger partial charge in [0.05, 0.1) is 0 Å². The number of hydrogen-bond donors (Lipinski definition) is 1. The lowest BCUT2D eigenvalue weighted by Crippen LogP contribution is -2.06. The molecule has 2 aromatic heterocycles. The third kappa shape index (κ3) is 2.00. The van der Waals surface area contributed by atoms with Crippen LogP contribution in [0.3, 0.4) is 0 Å². The Hall–Kier alpha value is -2.50. The van der Waals surface area contributed by atoms with Crippen molar-refractivity contribution in [2.75, 3.05) is 5.32 Å². The van der Waals surface area contributed by atoms with Gasteiger partial charge < -0.3 is 5.32 Å². The predicted molar refractivity (Wildman–Crippen MR) is 67.1 cm³/mol. The second-order valence-electron chi connectivity index (χ2n) is 4.01. The lowest BCUT2D eigenvalue weighted by molar-refractivity contribution is 0.818. The first kappa shape index (κ1) is 10.6. The Morgan fingerprint density at radius 1 is 1.22 bits per heavy atom. The van der Waals surface area contributed by atoms with Crippen LogP contribution in [0.2, 0.25) is 0 Å². The fourth-order valence-corrected chi connectivity index (χ4v) is 1.77. The summed E-state index contributed by atoms with van der Waals surface area (Å²) in [7, 11) is 0. The van der Waals surface area contributed by atoms with Gasteiger partial charge in [-0.1, -0.05) is 35.4 Å². The highest BCUT2D eigenvalue weighted by molar-refractivity contribution is 5.44. The molecule has 0 saturated carbocycles. The number of aryl methyl sites for hydroxylation is 1. The largest absolute Gasteiger partial charge is 0.366 e. The van der Waals surface area contributed by atoms with Crippen molar-refractivity contribution < 1.29 is 0 Å². The quantitative estimate of drug-likeness (QED) is 0.750. The van der Waals surface area contributed by atoms with Gasteiger partial charge in [-0.2, -0.15) is 4.52 Å². The van der Waals surface area contributed by atoms with Gasteiger partial charge >= 0.3 is 0 Å². The van der Waals surface area contributed by atoms with E-state index in [0.29, 0.717) is 5.78 Å². The fourth-order valence-electron chi connectivity index (χ4n) is 1.77. The smallest absolute Gasteiger partial charge is 0.275 e. The Morgan fingerprint density at radius 2 is 2.06 bits per heavy atom. The van der Waals surface area contributed by atoms with E-state index in [4.69, 9.17) is 0 Å². The molecular weight excluding hydrogens is 228 g/mol. The summed E-state index contributed by atoms with van der Waals surface area (Å²) in [5.74, 6) is 1.34. The Bertz CT molecular complexity index is 661. The predicted octanol–water partition coefficient (Wildman–Crippen LogP) is 1.44. The van der Waals surface area contributed by atoms with Crippen LogP contribution in [-0.2, 0) is 6.54 Å². The van der Waals surface area contributed by atoms with E-state index < -0.39 is 0 Å². The third-order valence-electron chi connectivity index (χ3n) is 2.62. The molecule has 6 nitrogen and oxygen atoms in total. The fraction of sp³-hybridized carbons (Fsp3) is 0.167. The van der Waals surface area contributed by atoms with Crippen LogP contribution in [-0.4, -0.2) is 25.0 Å². The number of anilines is 1. The lowest BCUT2D eigenvalue weighted by atomic mass is 10.2. The maximum absolute atomic E-state index is 4.24. The van der Waals surface area contributed by atoms with E-state index in [0.717, 1.165) is 18.1 Å². The Kier molecular flexibility index (Phi) is 2.60. The summed E-state index contributed by atoms with van der Waals surface area (Å²) in [5.41, 5.74) is 2.08. The molecule has 0 spiro atoms. The van der Waals surface area contributed by atoms with Crippen LogP contribution in [0.1, 0.15) is 11.3 Å². The average Bonchev–Trinajstić information content (AvgIpc) is 2.85. The van der Waals surface area contributed by atoms with Crippen LogP contribution in [0.5, 0.6) is 0 Å². The van der Waals surface area contributed by atoms with Crippen LogP contribution in [0, 0.1) is 6.92 Å². The second kappa shape index (κ2) is 4.40. The van der Waals surface area contributed by atoms with Gasteiger partial charge in [0.25, 0.3) is 5.78 Å². The molecule has 0 radical (unpaired) electrons. The number of hydrogen-bond acceptors (Lipinski definition) is 5. The van der Waals surface area contributed by atoms with Gasteiger partial charge in [0, 0.05) is 18.3 Å². The summed E-state index contributed by atoms with van der Waals surface area (Å²) in [6.07, 6.45) is 0. The van der Waals surface area contributed by atoms with Gasteiger partial charge in [-0.25, -0.2) is 4.98 Å². The van der Waals surface area contributed by atoms with Crippen molar-refractivity contribution >= 4 is 11.6 Å². The monoisotopic (exact) mass is 240 g/mol. The molecule has 3 rings (SSSR count). The van der Waals surface area contributed by atoms with Gasteiger partial charge in [-0.05, 0) is 22.9 Å². The van der Waals surface area contributed by atoms with E-state index in [1.54, 1.807) is 4.52 Å². The molecule has 0 amide bonds. The summed E-state index contributed by atoms with van der Waals surface area (Å²) >= 11 is 0. The van der Waals surface area contributed by atoms with Crippen molar-refractivity contribution in [2.45, 2.75) is 13.5 Å². The average molecular weight is 240 g/mol. The van der Waals surface area contributed by atoms with E-state index in [1.165, 1.54) is 5.56 Å². The van der Waals surface area contributed by atoms with Crippen molar-refractivity contribution in [2.24, 2.45) is 0 Å². The minimum atomic E-state index is 0.505. The van der Waals surface area contributed by atoms with Crippen molar-refractivity contribution in [3.05, 3.63) is 47.7 Å². The normalized spacial score (nSPS) is 10.7. The molecule has 0 aliphatic heterocycles. The molecule has 90 valence electrons. The first-order valence-electron chi connectivity index (χ1n) is 5.66. The number of nitrogens with one attached hydrogen (secondary N) is 1. The molecule has 0 aliphatic rings. The van der Waals surface area contributed by atoms with Crippen LogP contribution in [0.15, 0.2) is 36.4 Å². The number of fused-ring (bicyclic) bond motifs is 1. The highest BCUT2D eigenvalue weighted by atomic mass is 15.5. The summed E-state index contributed by atoms with van der Waals surface area (Å²) in [5, 5.41) is 14.7. The Morgan fingerprint density at radius 3 is 2.89 bits per heavy atom. The highest BCUT2D eigenvalue weighted by Gasteiger charge is 2.05. The summed E-state index contributed by atoms with van der Waals surface area (Å²) in [6, 6.07) is 12.1. The Balaban J connectivity index is 1.88. The molecule has 0 bridgehead atoms. The first-order chi connectivity index (χ1) is 8.83. The van der Waals surface area contributed by atoms with Crippen molar-refractivity contribution in [3.8, 4) is 0 Å². The summed E-state index contributed by atoms with van der Waals surface area (Å²) in [6.45, 7) is 2.64. The number of rotatable bonds is 3. The van der Waals surface area contributed by atoms with Crippen LogP contribution in [0.25, 0.3) is 5.78 Å². The molecule has 0 fully saturated rings. The standard InChI is InChI=1S/C12H12N6/c1-9-7-11(18-12(14-9)15-16-17-18)13-8-10-5-3-2-4-6-10/h2-7,13H,8H2,1H3. The molecule has 18 heavy (non-hydrogen) atoms. The van der Waals surface area contributed by atoms with Crippen molar-refractivity contribution in [3.63, 3.8) is 0 Å². The zero-order valence-electron chi connectivity index (χ0n) is 9.91. The van der Waals surface area contributed by atoms with Gasteiger partial charge in [0.2, 0.25) is 0 Å². The zero-order valence-corrected chi connectivity index (χ0v) is 9.91. The molecule has 6 heteroatoms. The number of aromatic nitrogens is 5. The number of nitrogens with zero attached hydrogens (tertiary/aromatic N) is 5. The molecular formula is C12H12N6. The molecule has 0 atom stereocenters. The van der Waals surface area contributed by atoms with E-state index in [9.17, 15) is 0 Å². The molecule has 1 aromatic carbocycles. The van der Waals surface area contributed by atoms with Gasteiger partial charge in [-0.3, -0.25) is 0 Å². The summed E-state index contributed by atoms with van der Waals surface area (Å²) in [4.78, 5) is 4.24. The zero-order chi connectivity index (χ0) is 12.4. The van der Waals surface area contributed by atoms with Gasteiger partial charge in [0.1, 0.15) is 5.82 Å². The minimum absolute atomic E-state index is 0.505. The SMILES string of the molecule is Cc1cc(NCc2ccccc2)n2nnnc2n1. The van der Waals surface area contributed by atoms with Crippen molar-refractivity contribution in [1.82, 2.24) is 25.0 Å². The molecule has 2 heterocycles. The summed E-state index contributed by atoms with van der Waals surface area (Å²) < 4.78 is 1.59. The van der Waals surface area contributed by atoms with Crippen LogP contribution in [0.4, 0.5) is 5.82 Å². The number of benzene rings is 1. The molecule has 3 aromatic rings. The van der Waals surface area contributed by atoms with E-state index >= 15 is 0 Å². The van der Waals surface area contributed by atoms with E-state index in [-0.39, 0.29) is 0 Å². The van der Waals surface area contributed by atoms with E-state index in [2.05, 4.69) is 38.0 Å². The van der Waals surface area contributed by atoms with Gasteiger partial charge in [-0.15, -0.1) is 0 Å². The maximum Gasteiger partial charge on any atom is 0.275 e. The third-order valence-corrected chi connectivity index (χ3v) is 2.62. The topological polar surface area (TPSA) is 68.0 Å². The van der Waals surface area contributed by atoms with E-state index in [1.807, 2.05) is 31.2 Å². The lowest BCUT2D eigenvalue weighted by Gasteiger charge is -2.07. The minimum Gasteiger partial charge on any atom is -0.366 e. The molecule has 0 unspecified atom stereocenters. The molecule has 1 N–H and O–H groups in total. The second-order valence-corrected chi connectivity index (χ2v) is 4.01. The number of tetrazole rings is 1. The highest BCUT2D eigenvalue weighted by Crippen LogP contribution is 2.11. The maximum atomic E-state index is 4.24. The van der Waals surface area contributed by atoms with Crippen LogP contribution < -0.4 is 5.32 Å². The first-order valence-corrected chi connectivity index (χ1v) is 5.66.